The molecule has 0 spiro atoms. The molecule has 0 amide bonds. The van der Waals surface area contributed by atoms with Gasteiger partial charge in [0.05, 0.1) is 5.69 Å². The molecule has 4 rings (SSSR count). The standard InChI is InChI=1S/C24H29N5/c1-4-29(5-2)24-20-13-15-28(16-19-11-9-18(3)10-12-19)17-22(20)26-23(27-24)21-8-6-7-14-25-21/h6-12,14H,4-5,13,15-17H2,1-3H3. The second kappa shape index (κ2) is 8.70. The van der Waals surface area contributed by atoms with Crippen molar-refractivity contribution < 1.29 is 0 Å². The molecule has 0 aliphatic carbocycles. The number of pyridine rings is 1. The number of hydrogen-bond donors (Lipinski definition) is 0. The van der Waals surface area contributed by atoms with Crippen LogP contribution in [0, 0.1) is 6.92 Å². The van der Waals surface area contributed by atoms with Crippen molar-refractivity contribution in [3.05, 3.63) is 71.0 Å². The second-order valence-corrected chi connectivity index (χ2v) is 7.63. The van der Waals surface area contributed by atoms with Crippen LogP contribution in [0.2, 0.25) is 0 Å². The maximum Gasteiger partial charge on any atom is 0.180 e. The molecule has 150 valence electrons. The molecule has 0 unspecified atom stereocenters. The van der Waals surface area contributed by atoms with Gasteiger partial charge in [-0.05, 0) is 44.9 Å². The van der Waals surface area contributed by atoms with Crippen molar-refractivity contribution in [2.45, 2.75) is 40.3 Å². The van der Waals surface area contributed by atoms with Crippen molar-refractivity contribution in [2.75, 3.05) is 24.5 Å². The molecule has 1 aliphatic rings. The van der Waals surface area contributed by atoms with Gasteiger partial charge in [0.15, 0.2) is 5.82 Å². The van der Waals surface area contributed by atoms with Crippen LogP contribution in [0.25, 0.3) is 11.5 Å². The Morgan fingerprint density at radius 2 is 1.79 bits per heavy atom. The van der Waals surface area contributed by atoms with E-state index >= 15 is 0 Å². The van der Waals surface area contributed by atoms with Gasteiger partial charge >= 0.3 is 0 Å². The lowest BCUT2D eigenvalue weighted by Crippen LogP contribution is -2.34. The van der Waals surface area contributed by atoms with E-state index in [2.05, 4.69) is 59.8 Å². The fourth-order valence-corrected chi connectivity index (χ4v) is 3.95. The van der Waals surface area contributed by atoms with Gasteiger partial charge in [0.1, 0.15) is 11.5 Å². The summed E-state index contributed by atoms with van der Waals surface area (Å²) in [6.45, 7) is 11.2. The minimum atomic E-state index is 0.725. The van der Waals surface area contributed by atoms with Gasteiger partial charge in [-0.1, -0.05) is 35.9 Å². The average Bonchev–Trinajstić information content (AvgIpc) is 2.76. The third-order valence-corrected chi connectivity index (χ3v) is 5.61. The number of hydrogen-bond acceptors (Lipinski definition) is 5. The summed E-state index contributed by atoms with van der Waals surface area (Å²) < 4.78 is 0. The molecule has 0 saturated carbocycles. The van der Waals surface area contributed by atoms with E-state index in [0.29, 0.717) is 0 Å². The van der Waals surface area contributed by atoms with E-state index < -0.39 is 0 Å². The Labute approximate surface area is 173 Å². The molecule has 5 nitrogen and oxygen atoms in total. The molecule has 0 N–H and O–H groups in total. The van der Waals surface area contributed by atoms with Crippen molar-refractivity contribution in [2.24, 2.45) is 0 Å². The normalized spacial score (nSPS) is 13.9. The SMILES string of the molecule is CCN(CC)c1nc(-c2ccccn2)nc2c1CCN(Cc1ccc(C)cc1)C2. The number of benzene rings is 1. The summed E-state index contributed by atoms with van der Waals surface area (Å²) in [7, 11) is 0. The van der Waals surface area contributed by atoms with Crippen LogP contribution in [0.5, 0.6) is 0 Å². The molecule has 0 atom stereocenters. The monoisotopic (exact) mass is 387 g/mol. The van der Waals surface area contributed by atoms with Gasteiger partial charge in [-0.25, -0.2) is 9.97 Å². The maximum absolute atomic E-state index is 4.96. The van der Waals surface area contributed by atoms with Gasteiger partial charge in [-0.2, -0.15) is 0 Å². The first-order chi connectivity index (χ1) is 14.2. The van der Waals surface area contributed by atoms with E-state index in [1.54, 1.807) is 6.20 Å². The van der Waals surface area contributed by atoms with Crippen LogP contribution in [-0.4, -0.2) is 39.5 Å². The Hall–Kier alpha value is -2.79. The van der Waals surface area contributed by atoms with E-state index in [9.17, 15) is 0 Å². The average molecular weight is 388 g/mol. The summed E-state index contributed by atoms with van der Waals surface area (Å²) in [5.41, 5.74) is 5.92. The highest BCUT2D eigenvalue weighted by Crippen LogP contribution is 2.29. The summed E-state index contributed by atoms with van der Waals surface area (Å²) in [4.78, 5) is 19.2. The molecule has 2 aromatic heterocycles. The predicted molar refractivity (Wildman–Crippen MR) is 118 cm³/mol. The highest BCUT2D eigenvalue weighted by molar-refractivity contribution is 5.58. The number of aromatic nitrogens is 3. The van der Waals surface area contributed by atoms with Crippen LogP contribution in [0.4, 0.5) is 5.82 Å². The Balaban J connectivity index is 1.67. The summed E-state index contributed by atoms with van der Waals surface area (Å²) in [6.07, 6.45) is 2.79. The van der Waals surface area contributed by atoms with Crippen LogP contribution in [0.1, 0.15) is 36.2 Å². The Bertz CT molecular complexity index is 949. The molecule has 0 fully saturated rings. The molecule has 3 heterocycles. The largest absolute Gasteiger partial charge is 0.357 e. The molecule has 0 bridgehead atoms. The fraction of sp³-hybridized carbons (Fsp3) is 0.375. The van der Waals surface area contributed by atoms with Crippen molar-refractivity contribution in [3.8, 4) is 11.5 Å². The summed E-state index contributed by atoms with van der Waals surface area (Å²) in [5.74, 6) is 1.80. The molecular formula is C24H29N5. The van der Waals surface area contributed by atoms with Crippen LogP contribution >= 0.6 is 0 Å². The molecule has 1 aliphatic heterocycles. The Morgan fingerprint density at radius 3 is 2.48 bits per heavy atom. The van der Waals surface area contributed by atoms with Crippen molar-refractivity contribution in [1.29, 1.82) is 0 Å². The van der Waals surface area contributed by atoms with Crippen molar-refractivity contribution in [1.82, 2.24) is 19.9 Å². The lowest BCUT2D eigenvalue weighted by atomic mass is 10.0. The molecule has 0 radical (unpaired) electrons. The van der Waals surface area contributed by atoms with Crippen LogP contribution in [-0.2, 0) is 19.5 Å². The molecular weight excluding hydrogens is 358 g/mol. The van der Waals surface area contributed by atoms with Gasteiger partial charge in [-0.15, -0.1) is 0 Å². The molecule has 5 heteroatoms. The summed E-state index contributed by atoms with van der Waals surface area (Å²) >= 11 is 0. The van der Waals surface area contributed by atoms with Gasteiger partial charge in [0.2, 0.25) is 0 Å². The summed E-state index contributed by atoms with van der Waals surface area (Å²) in [5, 5.41) is 0. The van der Waals surface area contributed by atoms with Crippen LogP contribution < -0.4 is 4.90 Å². The lowest BCUT2D eigenvalue weighted by Gasteiger charge is -2.32. The van der Waals surface area contributed by atoms with E-state index in [-0.39, 0.29) is 0 Å². The lowest BCUT2D eigenvalue weighted by molar-refractivity contribution is 0.241. The van der Waals surface area contributed by atoms with E-state index in [4.69, 9.17) is 9.97 Å². The Kier molecular flexibility index (Phi) is 5.86. The first-order valence-corrected chi connectivity index (χ1v) is 10.5. The minimum absolute atomic E-state index is 0.725. The van der Waals surface area contributed by atoms with Gasteiger partial charge in [-0.3, -0.25) is 9.88 Å². The van der Waals surface area contributed by atoms with Crippen LogP contribution in [0.3, 0.4) is 0 Å². The summed E-state index contributed by atoms with van der Waals surface area (Å²) in [6, 6.07) is 14.7. The zero-order valence-corrected chi connectivity index (χ0v) is 17.6. The number of fused-ring (bicyclic) bond motifs is 1. The zero-order valence-electron chi connectivity index (χ0n) is 17.6. The highest BCUT2D eigenvalue weighted by Gasteiger charge is 2.25. The zero-order chi connectivity index (χ0) is 20.2. The number of rotatable bonds is 6. The number of nitrogens with zero attached hydrogens (tertiary/aromatic N) is 5. The van der Waals surface area contributed by atoms with Crippen molar-refractivity contribution in [3.63, 3.8) is 0 Å². The first-order valence-electron chi connectivity index (χ1n) is 10.5. The highest BCUT2D eigenvalue weighted by atomic mass is 15.2. The molecule has 3 aromatic rings. The Morgan fingerprint density at radius 1 is 1.00 bits per heavy atom. The van der Waals surface area contributed by atoms with E-state index in [1.165, 1.54) is 16.7 Å². The quantitative estimate of drug-likeness (QED) is 0.633. The molecule has 29 heavy (non-hydrogen) atoms. The first kappa shape index (κ1) is 19.5. The predicted octanol–water partition coefficient (Wildman–Crippen LogP) is 4.25. The van der Waals surface area contributed by atoms with Gasteiger partial charge in [0.25, 0.3) is 0 Å². The smallest absolute Gasteiger partial charge is 0.180 e. The van der Waals surface area contributed by atoms with E-state index in [0.717, 1.165) is 62.2 Å². The van der Waals surface area contributed by atoms with Gasteiger partial charge < -0.3 is 4.90 Å². The number of anilines is 1. The van der Waals surface area contributed by atoms with Crippen LogP contribution in [0.15, 0.2) is 48.7 Å². The third-order valence-electron chi connectivity index (χ3n) is 5.61. The number of aryl methyl sites for hydroxylation is 1. The fourth-order valence-electron chi connectivity index (χ4n) is 3.95. The minimum Gasteiger partial charge on any atom is -0.357 e. The maximum atomic E-state index is 4.96. The van der Waals surface area contributed by atoms with Gasteiger partial charge in [0, 0.05) is 44.5 Å². The third kappa shape index (κ3) is 4.30. The topological polar surface area (TPSA) is 45.2 Å². The van der Waals surface area contributed by atoms with E-state index in [1.807, 2.05) is 18.2 Å². The van der Waals surface area contributed by atoms with Crippen molar-refractivity contribution >= 4 is 5.82 Å². The second-order valence-electron chi connectivity index (χ2n) is 7.63. The molecule has 0 saturated heterocycles. The molecule has 1 aromatic carbocycles.